The van der Waals surface area contributed by atoms with Gasteiger partial charge in [-0.1, -0.05) is 23.7 Å². The van der Waals surface area contributed by atoms with E-state index < -0.39 is 0 Å². The molecular formula is C16H15ClN2O2S. The lowest BCUT2D eigenvalue weighted by Crippen LogP contribution is -2.24. The Labute approximate surface area is 138 Å². The molecule has 3 rings (SSSR count). The van der Waals surface area contributed by atoms with Crippen LogP contribution in [0, 0.1) is 0 Å². The molecule has 0 spiro atoms. The summed E-state index contributed by atoms with van der Waals surface area (Å²) in [6, 6.07) is 11.4. The molecule has 1 aromatic carbocycles. The fourth-order valence-corrected chi connectivity index (χ4v) is 3.54. The molecule has 1 aromatic heterocycles. The molecule has 1 atom stereocenters. The maximum Gasteiger partial charge on any atom is 0.240 e. The highest BCUT2D eigenvalue weighted by molar-refractivity contribution is 7.18. The summed E-state index contributed by atoms with van der Waals surface area (Å²) in [6.07, 6.45) is 0.683. The van der Waals surface area contributed by atoms with E-state index in [0.29, 0.717) is 6.42 Å². The topological polar surface area (TPSA) is 41.9 Å². The molecule has 2 heterocycles. The fraction of sp³-hybridized carbons (Fsp3) is 0.250. The molecule has 0 saturated heterocycles. The lowest BCUT2D eigenvalue weighted by molar-refractivity contribution is -0.130. The predicted molar refractivity (Wildman–Crippen MR) is 88.7 cm³/mol. The summed E-state index contributed by atoms with van der Waals surface area (Å²) in [5.74, 6) is 0.723. The lowest BCUT2D eigenvalue weighted by Gasteiger charge is -2.20. The molecule has 0 fully saturated rings. The zero-order chi connectivity index (χ0) is 15.7. The molecule has 0 aliphatic carbocycles. The minimum absolute atomic E-state index is 0.0709. The van der Waals surface area contributed by atoms with Crippen molar-refractivity contribution in [3.8, 4) is 5.75 Å². The minimum Gasteiger partial charge on any atom is -0.497 e. The van der Waals surface area contributed by atoms with Crippen LogP contribution in [0.2, 0.25) is 4.34 Å². The maximum absolute atomic E-state index is 11.9. The van der Waals surface area contributed by atoms with Crippen LogP contribution in [0.25, 0.3) is 0 Å². The van der Waals surface area contributed by atoms with Gasteiger partial charge in [0.2, 0.25) is 5.91 Å². The number of amides is 1. The highest BCUT2D eigenvalue weighted by Gasteiger charge is 2.31. The van der Waals surface area contributed by atoms with Gasteiger partial charge in [-0.05, 0) is 29.8 Å². The van der Waals surface area contributed by atoms with Gasteiger partial charge in [0.1, 0.15) is 5.75 Å². The summed E-state index contributed by atoms with van der Waals surface area (Å²) < 4.78 is 5.90. The molecule has 0 radical (unpaired) electrons. The smallest absolute Gasteiger partial charge is 0.240 e. The SMILES string of the molecule is COc1ccc(C2CC(c3ccc(Cl)s3)=NN2C(C)=O)cc1. The first-order valence-corrected chi connectivity index (χ1v) is 8.05. The average molecular weight is 335 g/mol. The number of hydrogen-bond acceptors (Lipinski definition) is 4. The van der Waals surface area contributed by atoms with Crippen LogP contribution in [0.5, 0.6) is 5.75 Å². The number of benzene rings is 1. The quantitative estimate of drug-likeness (QED) is 0.847. The second-order valence-corrected chi connectivity index (χ2v) is 6.72. The van der Waals surface area contributed by atoms with E-state index in [1.54, 1.807) is 12.1 Å². The van der Waals surface area contributed by atoms with Gasteiger partial charge < -0.3 is 4.74 Å². The van der Waals surface area contributed by atoms with Crippen LogP contribution < -0.4 is 4.74 Å². The Kier molecular flexibility index (Phi) is 4.18. The van der Waals surface area contributed by atoms with Crippen LogP contribution in [-0.4, -0.2) is 23.7 Å². The van der Waals surface area contributed by atoms with Crippen LogP contribution in [0.1, 0.15) is 29.8 Å². The van der Waals surface area contributed by atoms with Gasteiger partial charge in [0, 0.05) is 13.3 Å². The summed E-state index contributed by atoms with van der Waals surface area (Å²) in [4.78, 5) is 12.9. The largest absolute Gasteiger partial charge is 0.497 e. The van der Waals surface area contributed by atoms with E-state index in [1.807, 2.05) is 36.4 Å². The summed E-state index contributed by atoms with van der Waals surface area (Å²) >= 11 is 7.47. The van der Waals surface area contributed by atoms with Crippen molar-refractivity contribution < 1.29 is 9.53 Å². The number of methoxy groups -OCH3 is 1. The van der Waals surface area contributed by atoms with Crippen molar-refractivity contribution in [2.75, 3.05) is 7.11 Å². The van der Waals surface area contributed by atoms with E-state index in [-0.39, 0.29) is 11.9 Å². The number of ether oxygens (including phenoxy) is 1. The normalized spacial score (nSPS) is 17.5. The Hall–Kier alpha value is -1.85. The van der Waals surface area contributed by atoms with Gasteiger partial charge in [-0.25, -0.2) is 5.01 Å². The summed E-state index contributed by atoms with van der Waals surface area (Å²) in [5, 5.41) is 6.04. The molecule has 2 aromatic rings. The number of thiophene rings is 1. The molecule has 6 heteroatoms. The van der Waals surface area contributed by atoms with Gasteiger partial charge in [0.05, 0.1) is 28.1 Å². The zero-order valence-electron chi connectivity index (χ0n) is 12.2. The third-order valence-electron chi connectivity index (χ3n) is 3.59. The van der Waals surface area contributed by atoms with E-state index >= 15 is 0 Å². The monoisotopic (exact) mass is 334 g/mol. The van der Waals surface area contributed by atoms with Gasteiger partial charge in [-0.15, -0.1) is 11.3 Å². The van der Waals surface area contributed by atoms with Crippen LogP contribution in [-0.2, 0) is 4.79 Å². The van der Waals surface area contributed by atoms with E-state index in [1.165, 1.54) is 18.3 Å². The minimum atomic E-state index is -0.0840. The second-order valence-electron chi connectivity index (χ2n) is 5.01. The molecular weight excluding hydrogens is 320 g/mol. The highest BCUT2D eigenvalue weighted by Crippen LogP contribution is 2.35. The number of halogens is 1. The molecule has 114 valence electrons. The van der Waals surface area contributed by atoms with Crippen molar-refractivity contribution in [3.63, 3.8) is 0 Å². The van der Waals surface area contributed by atoms with Crippen LogP contribution >= 0.6 is 22.9 Å². The average Bonchev–Trinajstić information content (AvgIpc) is 3.13. The summed E-state index contributed by atoms with van der Waals surface area (Å²) in [6.45, 7) is 1.53. The Morgan fingerprint density at radius 3 is 2.59 bits per heavy atom. The standard InChI is InChI=1S/C16H15ClN2O2S/c1-10(20)19-14(11-3-5-12(21-2)6-4-11)9-13(18-19)15-7-8-16(17)22-15/h3-8,14H,9H2,1-2H3. The molecule has 22 heavy (non-hydrogen) atoms. The van der Waals surface area contributed by atoms with Crippen molar-refractivity contribution in [1.82, 2.24) is 5.01 Å². The molecule has 1 amide bonds. The number of nitrogens with zero attached hydrogens (tertiary/aromatic N) is 2. The number of hydrogen-bond donors (Lipinski definition) is 0. The molecule has 1 unspecified atom stereocenters. The maximum atomic E-state index is 11.9. The Morgan fingerprint density at radius 2 is 2.05 bits per heavy atom. The van der Waals surface area contributed by atoms with Gasteiger partial charge in [0.15, 0.2) is 0 Å². The first kappa shape index (κ1) is 15.1. The molecule has 1 aliphatic heterocycles. The van der Waals surface area contributed by atoms with E-state index in [0.717, 1.165) is 26.2 Å². The second kappa shape index (κ2) is 6.10. The number of rotatable bonds is 3. The zero-order valence-corrected chi connectivity index (χ0v) is 13.8. The highest BCUT2D eigenvalue weighted by atomic mass is 35.5. The van der Waals surface area contributed by atoms with Gasteiger partial charge in [-0.3, -0.25) is 4.79 Å². The van der Waals surface area contributed by atoms with Crippen LogP contribution in [0.15, 0.2) is 41.5 Å². The van der Waals surface area contributed by atoms with E-state index in [9.17, 15) is 4.79 Å². The van der Waals surface area contributed by atoms with E-state index in [4.69, 9.17) is 16.3 Å². The van der Waals surface area contributed by atoms with E-state index in [2.05, 4.69) is 5.10 Å². The molecule has 0 bridgehead atoms. The lowest BCUT2D eigenvalue weighted by atomic mass is 10.0. The van der Waals surface area contributed by atoms with Crippen molar-refractivity contribution in [2.24, 2.45) is 5.10 Å². The van der Waals surface area contributed by atoms with Crippen molar-refractivity contribution in [1.29, 1.82) is 0 Å². The van der Waals surface area contributed by atoms with Crippen LogP contribution in [0.3, 0.4) is 0 Å². The molecule has 1 aliphatic rings. The summed E-state index contributed by atoms with van der Waals surface area (Å²) in [5.41, 5.74) is 1.94. The first-order valence-electron chi connectivity index (χ1n) is 6.85. The Bertz CT molecular complexity index is 724. The van der Waals surface area contributed by atoms with Crippen molar-refractivity contribution in [2.45, 2.75) is 19.4 Å². The Morgan fingerprint density at radius 1 is 1.32 bits per heavy atom. The number of carbonyl (C=O) groups excluding carboxylic acids is 1. The number of carbonyl (C=O) groups is 1. The molecule has 4 nitrogen and oxygen atoms in total. The third kappa shape index (κ3) is 2.87. The first-order chi connectivity index (χ1) is 10.6. The van der Waals surface area contributed by atoms with Crippen molar-refractivity contribution >= 4 is 34.6 Å². The van der Waals surface area contributed by atoms with Gasteiger partial charge in [0.25, 0.3) is 0 Å². The fourth-order valence-electron chi connectivity index (χ4n) is 2.50. The third-order valence-corrected chi connectivity index (χ3v) is 4.87. The molecule has 0 saturated carbocycles. The Balaban J connectivity index is 1.90. The van der Waals surface area contributed by atoms with Gasteiger partial charge >= 0.3 is 0 Å². The number of hydrazone groups is 1. The van der Waals surface area contributed by atoms with Crippen molar-refractivity contribution in [3.05, 3.63) is 51.2 Å². The van der Waals surface area contributed by atoms with Crippen LogP contribution in [0.4, 0.5) is 0 Å². The summed E-state index contributed by atoms with van der Waals surface area (Å²) in [7, 11) is 1.63. The van der Waals surface area contributed by atoms with Gasteiger partial charge in [-0.2, -0.15) is 5.10 Å². The molecule has 0 N–H and O–H groups in total. The predicted octanol–water partition coefficient (Wildman–Crippen LogP) is 4.11.